The van der Waals surface area contributed by atoms with Crippen molar-refractivity contribution in [3.63, 3.8) is 0 Å². The number of hydrogen-bond donors (Lipinski definition) is 1. The molecule has 1 aliphatic rings. The summed E-state index contributed by atoms with van der Waals surface area (Å²) in [6, 6.07) is 8.27. The molecule has 2 aromatic rings. The van der Waals surface area contributed by atoms with Crippen LogP contribution in [-0.2, 0) is 0 Å². The number of rotatable bonds is 5. The number of amides is 1. The van der Waals surface area contributed by atoms with Crippen LogP contribution in [0.4, 0.5) is 11.5 Å². The molecule has 144 valence electrons. The first-order valence-corrected chi connectivity index (χ1v) is 9.62. The van der Waals surface area contributed by atoms with E-state index in [0.29, 0.717) is 18.2 Å². The third kappa shape index (κ3) is 4.56. The maximum atomic E-state index is 12.3. The lowest BCUT2D eigenvalue weighted by Crippen LogP contribution is -2.47. The minimum absolute atomic E-state index is 0.138. The summed E-state index contributed by atoms with van der Waals surface area (Å²) in [4.78, 5) is 25.4. The Balaban J connectivity index is 1.65. The van der Waals surface area contributed by atoms with Crippen molar-refractivity contribution in [3.05, 3.63) is 47.4 Å². The summed E-state index contributed by atoms with van der Waals surface area (Å²) in [6.07, 6.45) is 1.48. The predicted molar refractivity (Wildman–Crippen MR) is 110 cm³/mol. The van der Waals surface area contributed by atoms with Crippen LogP contribution in [0.5, 0.6) is 0 Å². The molecule has 0 unspecified atom stereocenters. The van der Waals surface area contributed by atoms with Gasteiger partial charge in [-0.1, -0.05) is 26.0 Å². The molecule has 0 radical (unpaired) electrons. The molecule has 1 aliphatic heterocycles. The van der Waals surface area contributed by atoms with Crippen molar-refractivity contribution in [1.29, 1.82) is 0 Å². The normalized spacial score (nSPS) is 14.6. The number of anilines is 2. The molecule has 0 saturated carbocycles. The number of hydrogen-bond acceptors (Lipinski definition) is 5. The van der Waals surface area contributed by atoms with E-state index in [1.807, 2.05) is 0 Å². The van der Waals surface area contributed by atoms with E-state index in [9.17, 15) is 4.79 Å². The summed E-state index contributed by atoms with van der Waals surface area (Å²) in [5.41, 5.74) is 4.41. The Hall–Kier alpha value is -2.63. The maximum absolute atomic E-state index is 12.3. The smallest absolute Gasteiger partial charge is 0.270 e. The van der Waals surface area contributed by atoms with Crippen molar-refractivity contribution in [1.82, 2.24) is 15.3 Å². The van der Waals surface area contributed by atoms with Crippen LogP contribution >= 0.6 is 0 Å². The third-order valence-electron chi connectivity index (χ3n) is 5.08. The number of piperazine rings is 1. The molecule has 0 spiro atoms. The Morgan fingerprint density at radius 1 is 1.11 bits per heavy atom. The minimum Gasteiger partial charge on any atom is -0.368 e. The Kier molecular flexibility index (Phi) is 5.94. The fraction of sp³-hybridized carbons (Fsp3) is 0.476. The van der Waals surface area contributed by atoms with E-state index < -0.39 is 0 Å². The number of aromatic nitrogens is 2. The number of nitrogens with zero attached hydrogens (tertiary/aromatic N) is 4. The number of nitrogens with one attached hydrogen (secondary N) is 1. The largest absolute Gasteiger partial charge is 0.368 e. The van der Waals surface area contributed by atoms with Gasteiger partial charge < -0.3 is 15.1 Å². The molecule has 2 heterocycles. The molecule has 0 bridgehead atoms. The number of aryl methyl sites for hydroxylation is 1. The molecule has 6 heteroatoms. The molecule has 0 atom stereocenters. The van der Waals surface area contributed by atoms with Crippen LogP contribution in [0.1, 0.15) is 35.5 Å². The van der Waals surface area contributed by atoms with Gasteiger partial charge in [0.25, 0.3) is 5.91 Å². The fourth-order valence-electron chi connectivity index (χ4n) is 3.29. The minimum atomic E-state index is -0.138. The molecular formula is C21H29N5O. The van der Waals surface area contributed by atoms with Gasteiger partial charge in [0.15, 0.2) is 0 Å². The molecule has 1 aromatic heterocycles. The SMILES string of the molecule is Cc1cccc(N2CCN(c3cc(C(=O)NCC(C)C)ncn3)CC2)c1C. The quantitative estimate of drug-likeness (QED) is 0.880. The van der Waals surface area contributed by atoms with Gasteiger partial charge in [0, 0.05) is 44.5 Å². The molecule has 1 amide bonds. The molecule has 1 saturated heterocycles. The van der Waals surface area contributed by atoms with Gasteiger partial charge in [-0.3, -0.25) is 4.79 Å². The average molecular weight is 367 g/mol. The molecule has 0 aliphatic carbocycles. The second-order valence-electron chi connectivity index (χ2n) is 7.56. The first kappa shape index (κ1) is 19.1. The van der Waals surface area contributed by atoms with Gasteiger partial charge in [-0.15, -0.1) is 0 Å². The average Bonchev–Trinajstić information content (AvgIpc) is 2.68. The Bertz CT molecular complexity index is 797. The van der Waals surface area contributed by atoms with E-state index in [1.54, 1.807) is 6.07 Å². The number of benzene rings is 1. The third-order valence-corrected chi connectivity index (χ3v) is 5.08. The highest BCUT2D eigenvalue weighted by Gasteiger charge is 2.21. The van der Waals surface area contributed by atoms with Crippen LogP contribution in [-0.4, -0.2) is 48.6 Å². The van der Waals surface area contributed by atoms with E-state index in [0.717, 1.165) is 32.0 Å². The molecule has 1 N–H and O–H groups in total. The molecule has 6 nitrogen and oxygen atoms in total. The monoisotopic (exact) mass is 367 g/mol. The van der Waals surface area contributed by atoms with Gasteiger partial charge in [-0.2, -0.15) is 0 Å². The van der Waals surface area contributed by atoms with Crippen molar-refractivity contribution in [3.8, 4) is 0 Å². The second kappa shape index (κ2) is 8.37. The van der Waals surface area contributed by atoms with Crippen LogP contribution in [0, 0.1) is 19.8 Å². The fourth-order valence-corrected chi connectivity index (χ4v) is 3.29. The summed E-state index contributed by atoms with van der Waals surface area (Å²) in [5.74, 6) is 1.09. The van der Waals surface area contributed by atoms with Gasteiger partial charge in [0.05, 0.1) is 0 Å². The Morgan fingerprint density at radius 3 is 2.52 bits per heavy atom. The predicted octanol–water partition coefficient (Wildman–Crippen LogP) is 2.81. The zero-order valence-corrected chi connectivity index (χ0v) is 16.7. The summed E-state index contributed by atoms with van der Waals surface area (Å²) in [5, 5.41) is 2.91. The van der Waals surface area contributed by atoms with E-state index in [2.05, 4.69) is 71.0 Å². The van der Waals surface area contributed by atoms with Crippen LogP contribution in [0.25, 0.3) is 0 Å². The summed E-state index contributed by atoms with van der Waals surface area (Å²) in [7, 11) is 0. The molecule has 1 aromatic carbocycles. The molecule has 1 fully saturated rings. The summed E-state index contributed by atoms with van der Waals surface area (Å²) in [6.45, 7) is 12.7. The van der Waals surface area contributed by atoms with Gasteiger partial charge in [-0.25, -0.2) is 9.97 Å². The first-order chi connectivity index (χ1) is 13.0. The van der Waals surface area contributed by atoms with Gasteiger partial charge >= 0.3 is 0 Å². The first-order valence-electron chi connectivity index (χ1n) is 9.62. The maximum Gasteiger partial charge on any atom is 0.270 e. The summed E-state index contributed by atoms with van der Waals surface area (Å²) < 4.78 is 0. The van der Waals surface area contributed by atoms with Crippen molar-refractivity contribution in [2.45, 2.75) is 27.7 Å². The van der Waals surface area contributed by atoms with Crippen molar-refractivity contribution in [2.24, 2.45) is 5.92 Å². The Labute approximate surface area is 161 Å². The van der Waals surface area contributed by atoms with Crippen molar-refractivity contribution < 1.29 is 4.79 Å². The topological polar surface area (TPSA) is 61.4 Å². The van der Waals surface area contributed by atoms with Crippen LogP contribution < -0.4 is 15.1 Å². The highest BCUT2D eigenvalue weighted by molar-refractivity contribution is 5.92. The van der Waals surface area contributed by atoms with Crippen LogP contribution in [0.2, 0.25) is 0 Å². The molecular weight excluding hydrogens is 338 g/mol. The van der Waals surface area contributed by atoms with E-state index in [1.165, 1.54) is 23.1 Å². The lowest BCUT2D eigenvalue weighted by molar-refractivity contribution is 0.0944. The second-order valence-corrected chi connectivity index (χ2v) is 7.56. The van der Waals surface area contributed by atoms with Crippen LogP contribution in [0.15, 0.2) is 30.6 Å². The number of carbonyl (C=O) groups is 1. The van der Waals surface area contributed by atoms with Crippen molar-refractivity contribution in [2.75, 3.05) is 42.5 Å². The molecule has 3 rings (SSSR count). The van der Waals surface area contributed by atoms with Gasteiger partial charge in [0.1, 0.15) is 17.8 Å². The van der Waals surface area contributed by atoms with Crippen molar-refractivity contribution >= 4 is 17.4 Å². The highest BCUT2D eigenvalue weighted by Crippen LogP contribution is 2.25. The zero-order chi connectivity index (χ0) is 19.4. The Morgan fingerprint density at radius 2 is 1.81 bits per heavy atom. The lowest BCUT2D eigenvalue weighted by atomic mass is 10.1. The number of carbonyl (C=O) groups excluding carboxylic acids is 1. The van der Waals surface area contributed by atoms with E-state index >= 15 is 0 Å². The zero-order valence-electron chi connectivity index (χ0n) is 16.7. The lowest BCUT2D eigenvalue weighted by Gasteiger charge is -2.37. The van der Waals surface area contributed by atoms with Gasteiger partial charge in [-0.05, 0) is 37.0 Å². The standard InChI is InChI=1S/C21H29N5O/c1-15(2)13-22-21(27)18-12-20(24-14-23-18)26-10-8-25(9-11-26)19-7-5-6-16(3)17(19)4/h5-7,12,14-15H,8-11,13H2,1-4H3,(H,22,27). The summed E-state index contributed by atoms with van der Waals surface area (Å²) >= 11 is 0. The van der Waals surface area contributed by atoms with Gasteiger partial charge in [0.2, 0.25) is 0 Å². The van der Waals surface area contributed by atoms with E-state index in [-0.39, 0.29) is 5.91 Å². The highest BCUT2D eigenvalue weighted by atomic mass is 16.1. The van der Waals surface area contributed by atoms with E-state index in [4.69, 9.17) is 0 Å². The molecule has 27 heavy (non-hydrogen) atoms. The van der Waals surface area contributed by atoms with Crippen LogP contribution in [0.3, 0.4) is 0 Å².